The molecule has 0 saturated carbocycles. The zero-order valence-corrected chi connectivity index (χ0v) is 20.3. The molecule has 196 valence electrons. The second kappa shape index (κ2) is 27.9. The van der Waals surface area contributed by atoms with Crippen LogP contribution >= 0.6 is 0 Å². The molecule has 0 bridgehead atoms. The van der Waals surface area contributed by atoms with Crippen molar-refractivity contribution in [1.82, 2.24) is 0 Å². The zero-order valence-electron chi connectivity index (χ0n) is 20.3. The fourth-order valence-corrected chi connectivity index (χ4v) is 1.07. The second-order valence-corrected chi connectivity index (χ2v) is 7.07. The summed E-state index contributed by atoms with van der Waals surface area (Å²) in [4.78, 5) is 9.25. The van der Waals surface area contributed by atoms with Gasteiger partial charge in [-0.15, -0.1) is 0 Å². The Hall–Kier alpha value is -1.15. The number of hydrogen-bond donors (Lipinski definition) is 7. The minimum absolute atomic E-state index is 0.00667. The van der Waals surface area contributed by atoms with Crippen LogP contribution < -0.4 is 0 Å². The van der Waals surface area contributed by atoms with Gasteiger partial charge in [-0.1, -0.05) is 6.58 Å². The normalized spacial score (nSPS) is 15.6. The standard InChI is InChI=1S/3C6H14O3.C3H4O2/c3*1-5(8)4-9-6(2)3-7;1-2-3(4)5/h3*5-8H,3-4H2,1-2H3;2H,1H2,(H,4,5). The molecule has 0 aliphatic rings. The van der Waals surface area contributed by atoms with Crippen molar-refractivity contribution in [2.75, 3.05) is 39.6 Å². The summed E-state index contributed by atoms with van der Waals surface area (Å²) in [5.41, 5.74) is 0. The van der Waals surface area contributed by atoms with Crippen LogP contribution in [0.4, 0.5) is 0 Å². The number of aliphatic hydroxyl groups is 6. The molecule has 0 amide bonds. The van der Waals surface area contributed by atoms with E-state index in [9.17, 15) is 4.79 Å². The van der Waals surface area contributed by atoms with Crippen molar-refractivity contribution in [2.45, 2.75) is 78.2 Å². The van der Waals surface area contributed by atoms with E-state index in [4.69, 9.17) is 50.0 Å². The van der Waals surface area contributed by atoms with Gasteiger partial charge in [0, 0.05) is 6.08 Å². The van der Waals surface area contributed by atoms with Gasteiger partial charge in [-0.3, -0.25) is 0 Å². The lowest BCUT2D eigenvalue weighted by molar-refractivity contribution is -0.131. The summed E-state index contributed by atoms with van der Waals surface area (Å²) in [5.74, 6) is -0.981. The maximum atomic E-state index is 9.25. The van der Waals surface area contributed by atoms with Gasteiger partial charge in [0.15, 0.2) is 0 Å². The largest absolute Gasteiger partial charge is 0.478 e. The summed E-state index contributed by atoms with van der Waals surface area (Å²) in [6.45, 7) is 14.0. The summed E-state index contributed by atoms with van der Waals surface area (Å²) in [6.07, 6.45) is -1.00. The minimum Gasteiger partial charge on any atom is -0.478 e. The Morgan fingerprint density at radius 1 is 0.688 bits per heavy atom. The molecule has 11 heteroatoms. The quantitative estimate of drug-likeness (QED) is 0.171. The predicted octanol–water partition coefficient (Wildman–Crippen LogP) is -0.449. The molecule has 11 nitrogen and oxygen atoms in total. The lowest BCUT2D eigenvalue weighted by Crippen LogP contribution is -2.19. The first-order chi connectivity index (χ1) is 14.8. The van der Waals surface area contributed by atoms with Crippen LogP contribution in [0.15, 0.2) is 12.7 Å². The third kappa shape index (κ3) is 46.9. The summed E-state index contributed by atoms with van der Waals surface area (Å²) >= 11 is 0. The monoisotopic (exact) mass is 474 g/mol. The minimum atomic E-state index is -0.981. The fraction of sp³-hybridized carbons (Fsp3) is 0.857. The van der Waals surface area contributed by atoms with Gasteiger partial charge in [-0.2, -0.15) is 0 Å². The Morgan fingerprint density at radius 2 is 0.875 bits per heavy atom. The van der Waals surface area contributed by atoms with E-state index < -0.39 is 24.3 Å². The van der Waals surface area contributed by atoms with E-state index in [2.05, 4.69) is 6.58 Å². The Balaban J connectivity index is -0.000000167. The van der Waals surface area contributed by atoms with Crippen molar-refractivity contribution in [3.63, 3.8) is 0 Å². The maximum Gasteiger partial charge on any atom is 0.327 e. The maximum absolute atomic E-state index is 9.25. The topological polar surface area (TPSA) is 186 Å². The molecule has 0 spiro atoms. The van der Waals surface area contributed by atoms with Crippen LogP contribution in [0.2, 0.25) is 0 Å². The van der Waals surface area contributed by atoms with Crippen LogP contribution in [0.25, 0.3) is 0 Å². The van der Waals surface area contributed by atoms with Gasteiger partial charge in [-0.25, -0.2) is 4.79 Å². The zero-order chi connectivity index (χ0) is 26.1. The first-order valence-electron chi connectivity index (χ1n) is 10.3. The number of aliphatic hydroxyl groups excluding tert-OH is 6. The van der Waals surface area contributed by atoms with Gasteiger partial charge in [0.25, 0.3) is 0 Å². The summed E-state index contributed by atoms with van der Waals surface area (Å²) in [7, 11) is 0. The number of carbonyl (C=O) groups is 1. The molecule has 0 heterocycles. The highest BCUT2D eigenvalue weighted by atomic mass is 16.5. The van der Waals surface area contributed by atoms with Crippen LogP contribution in [-0.2, 0) is 19.0 Å². The first-order valence-corrected chi connectivity index (χ1v) is 10.3. The van der Waals surface area contributed by atoms with Gasteiger partial charge < -0.3 is 50.0 Å². The molecule has 6 unspecified atom stereocenters. The smallest absolute Gasteiger partial charge is 0.327 e. The van der Waals surface area contributed by atoms with E-state index in [1.807, 2.05) is 0 Å². The number of aliphatic carboxylic acids is 1. The fourth-order valence-electron chi connectivity index (χ4n) is 1.07. The molecule has 0 radical (unpaired) electrons. The Kier molecular flexibility index (Phi) is 33.2. The van der Waals surface area contributed by atoms with Crippen molar-refractivity contribution < 1.29 is 54.8 Å². The summed E-state index contributed by atoms with van der Waals surface area (Å²) in [5, 5.41) is 59.0. The Morgan fingerprint density at radius 3 is 0.969 bits per heavy atom. The van der Waals surface area contributed by atoms with Crippen molar-refractivity contribution in [1.29, 1.82) is 0 Å². The average Bonchev–Trinajstić information content (AvgIpc) is 2.74. The molecule has 7 N–H and O–H groups in total. The summed E-state index contributed by atoms with van der Waals surface area (Å²) in [6, 6.07) is 0. The number of hydrogen-bond acceptors (Lipinski definition) is 10. The van der Waals surface area contributed by atoms with Crippen molar-refractivity contribution in [3.05, 3.63) is 12.7 Å². The van der Waals surface area contributed by atoms with E-state index in [1.165, 1.54) is 0 Å². The molecular weight excluding hydrogens is 428 g/mol. The third-order valence-electron chi connectivity index (χ3n) is 2.81. The SMILES string of the molecule is C=CC(=O)O.CC(O)COC(C)CO.CC(O)COC(C)CO.CC(O)COC(C)CO. The second-order valence-electron chi connectivity index (χ2n) is 7.07. The highest BCUT2D eigenvalue weighted by Crippen LogP contribution is 1.91. The van der Waals surface area contributed by atoms with Gasteiger partial charge in [0.2, 0.25) is 0 Å². The van der Waals surface area contributed by atoms with Crippen LogP contribution in [0.1, 0.15) is 41.5 Å². The van der Waals surface area contributed by atoms with Crippen LogP contribution in [0.5, 0.6) is 0 Å². The van der Waals surface area contributed by atoms with Crippen molar-refractivity contribution in [2.24, 2.45) is 0 Å². The number of carboxylic acids is 1. The van der Waals surface area contributed by atoms with Gasteiger partial charge in [-0.05, 0) is 41.5 Å². The van der Waals surface area contributed by atoms with Crippen LogP contribution in [0, 0.1) is 0 Å². The summed E-state index contributed by atoms with van der Waals surface area (Å²) < 4.78 is 14.9. The Labute approximate surface area is 191 Å². The molecule has 0 saturated heterocycles. The number of carboxylic acid groups (broad SMARTS) is 1. The van der Waals surface area contributed by atoms with Crippen LogP contribution in [0.3, 0.4) is 0 Å². The van der Waals surface area contributed by atoms with E-state index >= 15 is 0 Å². The van der Waals surface area contributed by atoms with Crippen molar-refractivity contribution >= 4 is 5.97 Å². The van der Waals surface area contributed by atoms with E-state index in [1.54, 1.807) is 41.5 Å². The number of ether oxygens (including phenoxy) is 3. The average molecular weight is 475 g/mol. The molecule has 0 fully saturated rings. The molecule has 0 aromatic rings. The molecule has 0 aromatic heterocycles. The Bertz CT molecular complexity index is 347. The molecule has 0 aromatic carbocycles. The lowest BCUT2D eigenvalue weighted by Gasteiger charge is -2.10. The van der Waals surface area contributed by atoms with E-state index in [0.717, 1.165) is 6.08 Å². The van der Waals surface area contributed by atoms with Crippen molar-refractivity contribution in [3.8, 4) is 0 Å². The highest BCUT2D eigenvalue weighted by molar-refractivity contribution is 5.78. The van der Waals surface area contributed by atoms with Gasteiger partial charge in [0.05, 0.1) is 76.3 Å². The van der Waals surface area contributed by atoms with Gasteiger partial charge in [0.1, 0.15) is 0 Å². The molecular formula is C21H46O11. The highest BCUT2D eigenvalue weighted by Gasteiger charge is 2.02. The molecule has 0 aliphatic heterocycles. The molecule has 6 atom stereocenters. The number of rotatable bonds is 13. The molecule has 0 rings (SSSR count). The van der Waals surface area contributed by atoms with E-state index in [0.29, 0.717) is 19.8 Å². The van der Waals surface area contributed by atoms with Crippen LogP contribution in [-0.4, -0.2) is 118 Å². The molecule has 0 aliphatic carbocycles. The molecule has 32 heavy (non-hydrogen) atoms. The lowest BCUT2D eigenvalue weighted by atomic mass is 10.4. The third-order valence-corrected chi connectivity index (χ3v) is 2.81. The first kappa shape index (κ1) is 38.1. The van der Waals surface area contributed by atoms with E-state index in [-0.39, 0.29) is 38.1 Å². The predicted molar refractivity (Wildman–Crippen MR) is 120 cm³/mol. The van der Waals surface area contributed by atoms with Gasteiger partial charge >= 0.3 is 5.97 Å².